The number of rotatable bonds is 3. The molecule has 1 aliphatic rings. The Morgan fingerprint density at radius 3 is 2.47 bits per heavy atom. The van der Waals surface area contributed by atoms with Gasteiger partial charge >= 0.3 is 0 Å². The first-order valence-corrected chi connectivity index (χ1v) is 8.00. The highest BCUT2D eigenvalue weighted by Crippen LogP contribution is 2.27. The molecule has 1 aromatic carbocycles. The summed E-state index contributed by atoms with van der Waals surface area (Å²) in [6.07, 6.45) is 0.888. The van der Waals surface area contributed by atoms with E-state index in [0.717, 1.165) is 5.56 Å². The van der Waals surface area contributed by atoms with Gasteiger partial charge in [-0.1, -0.05) is 17.7 Å². The summed E-state index contributed by atoms with van der Waals surface area (Å²) >= 11 is 0. The molecule has 6 heteroatoms. The van der Waals surface area contributed by atoms with Crippen molar-refractivity contribution in [3.05, 3.63) is 29.8 Å². The van der Waals surface area contributed by atoms with Crippen molar-refractivity contribution in [1.29, 1.82) is 0 Å². The maximum Gasteiger partial charge on any atom is 0.244 e. The SMILES string of the molecule is Cc1ccc(NC2(C(N)=O)CCCS(=O)(=O)C2)cc1. The monoisotopic (exact) mass is 282 g/mol. The Kier molecular flexibility index (Phi) is 3.54. The van der Waals surface area contributed by atoms with Gasteiger partial charge in [0.15, 0.2) is 9.84 Å². The molecular formula is C13H18N2O3S. The molecule has 2 rings (SSSR count). The van der Waals surface area contributed by atoms with Crippen LogP contribution in [0.2, 0.25) is 0 Å². The molecular weight excluding hydrogens is 264 g/mol. The third-order valence-electron chi connectivity index (χ3n) is 3.43. The molecule has 1 amide bonds. The van der Waals surface area contributed by atoms with E-state index in [1.807, 2.05) is 31.2 Å². The number of hydrogen-bond acceptors (Lipinski definition) is 4. The van der Waals surface area contributed by atoms with Crippen LogP contribution in [-0.4, -0.2) is 31.4 Å². The summed E-state index contributed by atoms with van der Waals surface area (Å²) in [7, 11) is -3.23. The van der Waals surface area contributed by atoms with Crippen molar-refractivity contribution in [3.8, 4) is 0 Å². The van der Waals surface area contributed by atoms with E-state index in [-0.39, 0.29) is 11.5 Å². The van der Waals surface area contributed by atoms with Gasteiger partial charge in [-0.05, 0) is 31.9 Å². The quantitative estimate of drug-likeness (QED) is 0.859. The Bertz CT molecular complexity index is 580. The van der Waals surface area contributed by atoms with Crippen molar-refractivity contribution >= 4 is 21.4 Å². The van der Waals surface area contributed by atoms with E-state index in [1.165, 1.54) is 0 Å². The van der Waals surface area contributed by atoms with Crippen molar-refractivity contribution in [2.24, 2.45) is 5.73 Å². The van der Waals surface area contributed by atoms with E-state index in [1.54, 1.807) is 0 Å². The van der Waals surface area contributed by atoms with E-state index < -0.39 is 21.3 Å². The number of anilines is 1. The fourth-order valence-corrected chi connectivity index (χ4v) is 4.22. The maximum atomic E-state index is 11.8. The van der Waals surface area contributed by atoms with Crippen LogP contribution in [0.15, 0.2) is 24.3 Å². The van der Waals surface area contributed by atoms with Crippen LogP contribution in [0.5, 0.6) is 0 Å². The van der Waals surface area contributed by atoms with Crippen LogP contribution in [0.25, 0.3) is 0 Å². The van der Waals surface area contributed by atoms with E-state index in [0.29, 0.717) is 18.5 Å². The molecule has 19 heavy (non-hydrogen) atoms. The number of amides is 1. The van der Waals surface area contributed by atoms with Crippen molar-refractivity contribution in [1.82, 2.24) is 0 Å². The third kappa shape index (κ3) is 3.07. The summed E-state index contributed by atoms with van der Waals surface area (Å²) in [5, 5.41) is 3.02. The number of benzene rings is 1. The van der Waals surface area contributed by atoms with Gasteiger partial charge in [-0.2, -0.15) is 0 Å². The smallest absolute Gasteiger partial charge is 0.244 e. The van der Waals surface area contributed by atoms with Gasteiger partial charge in [0.05, 0.1) is 11.5 Å². The van der Waals surface area contributed by atoms with Gasteiger partial charge in [-0.15, -0.1) is 0 Å². The minimum atomic E-state index is -3.23. The van der Waals surface area contributed by atoms with Crippen LogP contribution in [0.1, 0.15) is 18.4 Å². The molecule has 3 N–H and O–H groups in total. The molecule has 1 heterocycles. The predicted octanol–water partition coefficient (Wildman–Crippen LogP) is 0.840. The van der Waals surface area contributed by atoms with Gasteiger partial charge in [0.25, 0.3) is 0 Å². The zero-order chi connectivity index (χ0) is 14.1. The van der Waals surface area contributed by atoms with Crippen molar-refractivity contribution in [3.63, 3.8) is 0 Å². The molecule has 0 saturated carbocycles. The topological polar surface area (TPSA) is 89.3 Å². The van der Waals surface area contributed by atoms with Gasteiger partial charge in [0.2, 0.25) is 5.91 Å². The lowest BCUT2D eigenvalue weighted by Crippen LogP contribution is -2.57. The molecule has 1 aromatic rings. The number of carbonyl (C=O) groups excluding carboxylic acids is 1. The summed E-state index contributed by atoms with van der Waals surface area (Å²) in [6, 6.07) is 7.44. The van der Waals surface area contributed by atoms with Crippen LogP contribution in [0.4, 0.5) is 5.69 Å². The second-order valence-electron chi connectivity index (χ2n) is 5.13. The first kappa shape index (κ1) is 13.9. The summed E-state index contributed by atoms with van der Waals surface area (Å²) < 4.78 is 23.5. The van der Waals surface area contributed by atoms with Crippen LogP contribution in [0.3, 0.4) is 0 Å². The molecule has 1 aliphatic heterocycles. The molecule has 5 nitrogen and oxygen atoms in total. The van der Waals surface area contributed by atoms with Gasteiger partial charge < -0.3 is 11.1 Å². The lowest BCUT2D eigenvalue weighted by Gasteiger charge is -2.35. The number of nitrogens with one attached hydrogen (secondary N) is 1. The predicted molar refractivity (Wildman–Crippen MR) is 74.6 cm³/mol. The summed E-state index contributed by atoms with van der Waals surface area (Å²) in [4.78, 5) is 11.7. The van der Waals surface area contributed by atoms with Gasteiger partial charge in [-0.25, -0.2) is 8.42 Å². The Labute approximate surface area is 113 Å². The highest BCUT2D eigenvalue weighted by molar-refractivity contribution is 7.91. The molecule has 1 fully saturated rings. The highest BCUT2D eigenvalue weighted by Gasteiger charge is 2.43. The lowest BCUT2D eigenvalue weighted by atomic mass is 9.94. The molecule has 1 atom stereocenters. The van der Waals surface area contributed by atoms with Gasteiger partial charge in [0.1, 0.15) is 5.54 Å². The Hall–Kier alpha value is -1.56. The summed E-state index contributed by atoms with van der Waals surface area (Å²) in [5.41, 5.74) is 6.05. The Balaban J connectivity index is 2.30. The van der Waals surface area contributed by atoms with Crippen LogP contribution in [-0.2, 0) is 14.6 Å². The first-order chi connectivity index (χ1) is 8.83. The number of carbonyl (C=O) groups is 1. The zero-order valence-electron chi connectivity index (χ0n) is 10.8. The number of hydrogen-bond donors (Lipinski definition) is 2. The van der Waals surface area contributed by atoms with Crippen molar-refractivity contribution < 1.29 is 13.2 Å². The van der Waals surface area contributed by atoms with E-state index in [9.17, 15) is 13.2 Å². The number of aryl methyl sites for hydroxylation is 1. The van der Waals surface area contributed by atoms with Crippen molar-refractivity contribution in [2.75, 3.05) is 16.8 Å². The minimum absolute atomic E-state index is 0.123. The normalized spacial score (nSPS) is 25.7. The van der Waals surface area contributed by atoms with E-state index in [4.69, 9.17) is 5.73 Å². The highest BCUT2D eigenvalue weighted by atomic mass is 32.2. The Morgan fingerprint density at radius 1 is 1.32 bits per heavy atom. The number of sulfone groups is 1. The van der Waals surface area contributed by atoms with Gasteiger partial charge in [-0.3, -0.25) is 4.79 Å². The molecule has 0 aromatic heterocycles. The average molecular weight is 282 g/mol. The van der Waals surface area contributed by atoms with Crippen LogP contribution < -0.4 is 11.1 Å². The minimum Gasteiger partial charge on any atom is -0.370 e. The number of primary amides is 1. The molecule has 104 valence electrons. The van der Waals surface area contributed by atoms with Gasteiger partial charge in [0, 0.05) is 5.69 Å². The molecule has 1 saturated heterocycles. The zero-order valence-corrected chi connectivity index (χ0v) is 11.7. The fraction of sp³-hybridized carbons (Fsp3) is 0.462. The third-order valence-corrected chi connectivity index (χ3v) is 5.28. The van der Waals surface area contributed by atoms with Crippen LogP contribution >= 0.6 is 0 Å². The largest absolute Gasteiger partial charge is 0.370 e. The maximum absolute atomic E-state index is 11.8. The second-order valence-corrected chi connectivity index (χ2v) is 7.32. The first-order valence-electron chi connectivity index (χ1n) is 6.18. The molecule has 0 radical (unpaired) electrons. The second kappa shape index (κ2) is 4.85. The molecule has 1 unspecified atom stereocenters. The Morgan fingerprint density at radius 2 is 1.95 bits per heavy atom. The number of nitrogens with two attached hydrogens (primary N) is 1. The molecule has 0 aliphatic carbocycles. The van der Waals surface area contributed by atoms with Crippen LogP contribution in [0, 0.1) is 6.92 Å². The van der Waals surface area contributed by atoms with E-state index in [2.05, 4.69) is 5.32 Å². The standard InChI is InChI=1S/C13H18N2O3S/c1-10-3-5-11(6-4-10)15-13(12(14)16)7-2-8-19(17,18)9-13/h3-6,15H,2,7-9H2,1H3,(H2,14,16). The fourth-order valence-electron chi connectivity index (χ4n) is 2.38. The average Bonchev–Trinajstić information content (AvgIpc) is 2.31. The lowest BCUT2D eigenvalue weighted by molar-refractivity contribution is -0.122. The summed E-state index contributed by atoms with van der Waals surface area (Å²) in [6.45, 7) is 1.96. The van der Waals surface area contributed by atoms with E-state index >= 15 is 0 Å². The molecule has 0 spiro atoms. The molecule has 0 bridgehead atoms. The summed E-state index contributed by atoms with van der Waals surface area (Å²) in [5.74, 6) is -0.725. The van der Waals surface area contributed by atoms with Crippen molar-refractivity contribution in [2.45, 2.75) is 25.3 Å².